The van der Waals surface area contributed by atoms with Crippen molar-refractivity contribution in [3.8, 4) is 10.4 Å². The molecule has 3 heterocycles. The summed E-state index contributed by atoms with van der Waals surface area (Å²) in [4.78, 5) is 15.8. The van der Waals surface area contributed by atoms with E-state index in [-0.39, 0.29) is 6.04 Å². The predicted octanol–water partition coefficient (Wildman–Crippen LogP) is 6.78. The summed E-state index contributed by atoms with van der Waals surface area (Å²) in [6.07, 6.45) is 7.70. The number of fused-ring (bicyclic) bond motifs is 1. The molecule has 0 unspecified atom stereocenters. The van der Waals surface area contributed by atoms with Gasteiger partial charge in [0.05, 0.1) is 6.33 Å². The average molecular weight is 518 g/mol. The Balaban J connectivity index is 1.31. The highest BCUT2D eigenvalue weighted by Crippen LogP contribution is 2.29. The van der Waals surface area contributed by atoms with E-state index in [2.05, 4.69) is 88.9 Å². The summed E-state index contributed by atoms with van der Waals surface area (Å²) in [5.74, 6) is 1.47. The fourth-order valence-corrected chi connectivity index (χ4v) is 5.92. The smallest absolute Gasteiger partial charge is 0.227 e. The molecule has 5 rings (SSSR count). The number of benzene rings is 1. The van der Waals surface area contributed by atoms with Crippen molar-refractivity contribution in [3.05, 3.63) is 53.2 Å². The maximum Gasteiger partial charge on any atom is 0.227 e. The largest absolute Gasteiger partial charge is 0.364 e. The van der Waals surface area contributed by atoms with E-state index in [9.17, 15) is 0 Å². The van der Waals surface area contributed by atoms with E-state index in [1.54, 1.807) is 11.3 Å². The molecular weight excluding hydrogens is 478 g/mol. The molecule has 0 atom stereocenters. The second kappa shape index (κ2) is 11.6. The molecule has 3 N–H and O–H groups in total. The molecule has 0 bridgehead atoms. The van der Waals surface area contributed by atoms with Crippen molar-refractivity contribution in [1.82, 2.24) is 24.8 Å². The second-order valence-electron chi connectivity index (χ2n) is 10.5. The molecule has 196 valence electrons. The molecule has 0 spiro atoms. The number of nitrogens with one attached hydrogen (secondary N) is 3. The molecule has 1 aromatic carbocycles. The van der Waals surface area contributed by atoms with Crippen molar-refractivity contribution in [2.24, 2.45) is 0 Å². The first-order valence-electron chi connectivity index (χ1n) is 13.6. The van der Waals surface area contributed by atoms with Crippen LogP contribution in [0.5, 0.6) is 0 Å². The molecule has 37 heavy (non-hydrogen) atoms. The number of aryl methyl sites for hydroxylation is 1. The van der Waals surface area contributed by atoms with Crippen LogP contribution >= 0.6 is 11.3 Å². The highest BCUT2D eigenvalue weighted by Gasteiger charge is 2.22. The van der Waals surface area contributed by atoms with Gasteiger partial charge < -0.3 is 20.5 Å². The Morgan fingerprint density at radius 1 is 1.05 bits per heavy atom. The molecule has 7 nitrogen and oxygen atoms in total. The van der Waals surface area contributed by atoms with Crippen LogP contribution in [-0.4, -0.2) is 38.1 Å². The molecule has 1 aliphatic rings. The lowest BCUT2D eigenvalue weighted by atomic mass is 9.91. The van der Waals surface area contributed by atoms with Crippen LogP contribution in [0.3, 0.4) is 0 Å². The third-order valence-corrected chi connectivity index (χ3v) is 8.25. The van der Waals surface area contributed by atoms with E-state index < -0.39 is 0 Å². The van der Waals surface area contributed by atoms with Gasteiger partial charge in [-0.15, -0.1) is 11.3 Å². The normalized spacial score (nSPS) is 18.0. The SMILES string of the molecule is CCCNC1CCC(Nc2nc(NCc3ccc(-c4cc(C)cs4)cc3)c3ncn(C(C)C)c3n2)CC1. The zero-order chi connectivity index (χ0) is 25.8. The molecule has 0 saturated heterocycles. The number of aromatic nitrogens is 4. The third-order valence-electron chi connectivity index (χ3n) is 7.15. The standard InChI is InChI=1S/C29H39N7S/c1-5-14-30-23-10-12-24(13-11-23)33-29-34-27(26-28(35-29)36(18-32-26)19(2)3)31-16-21-6-8-22(9-7-21)25-15-20(4)17-37-25/h6-9,15,17-19,23-24,30H,5,10-14,16H2,1-4H3,(H2,31,33,34,35). The van der Waals surface area contributed by atoms with Gasteiger partial charge in [0.2, 0.25) is 5.95 Å². The van der Waals surface area contributed by atoms with Crippen LogP contribution in [0.4, 0.5) is 11.8 Å². The van der Waals surface area contributed by atoms with Gasteiger partial charge in [-0.05, 0) is 87.6 Å². The summed E-state index contributed by atoms with van der Waals surface area (Å²) < 4.78 is 2.12. The molecule has 0 aliphatic heterocycles. The summed E-state index contributed by atoms with van der Waals surface area (Å²) in [5, 5.41) is 13.1. The van der Waals surface area contributed by atoms with Crippen molar-refractivity contribution in [1.29, 1.82) is 0 Å². The van der Waals surface area contributed by atoms with Crippen molar-refractivity contribution in [2.75, 3.05) is 17.2 Å². The topological polar surface area (TPSA) is 79.7 Å². The Bertz CT molecular complexity index is 1300. The van der Waals surface area contributed by atoms with E-state index in [0.29, 0.717) is 24.6 Å². The van der Waals surface area contributed by atoms with Gasteiger partial charge in [0, 0.05) is 29.5 Å². The van der Waals surface area contributed by atoms with Crippen molar-refractivity contribution >= 4 is 34.3 Å². The zero-order valence-corrected chi connectivity index (χ0v) is 23.2. The first kappa shape index (κ1) is 25.7. The molecular formula is C29H39N7S. The maximum atomic E-state index is 4.91. The molecule has 0 radical (unpaired) electrons. The quantitative estimate of drug-likeness (QED) is 0.215. The number of rotatable bonds is 10. The van der Waals surface area contributed by atoms with Gasteiger partial charge in [-0.2, -0.15) is 9.97 Å². The van der Waals surface area contributed by atoms with Crippen LogP contribution in [-0.2, 0) is 6.54 Å². The molecule has 1 saturated carbocycles. The van der Waals surface area contributed by atoms with Crippen LogP contribution in [0.25, 0.3) is 21.6 Å². The van der Waals surface area contributed by atoms with Gasteiger partial charge >= 0.3 is 0 Å². The molecule has 1 aliphatic carbocycles. The van der Waals surface area contributed by atoms with Gasteiger partial charge in [0.25, 0.3) is 0 Å². The van der Waals surface area contributed by atoms with Crippen molar-refractivity contribution in [2.45, 2.75) is 84.5 Å². The Kier molecular flexibility index (Phi) is 8.05. The van der Waals surface area contributed by atoms with Crippen molar-refractivity contribution in [3.63, 3.8) is 0 Å². The number of thiophene rings is 1. The van der Waals surface area contributed by atoms with Gasteiger partial charge in [0.1, 0.15) is 0 Å². The number of hydrogen-bond acceptors (Lipinski definition) is 7. The minimum absolute atomic E-state index is 0.272. The van der Waals surface area contributed by atoms with Crippen molar-refractivity contribution < 1.29 is 0 Å². The summed E-state index contributed by atoms with van der Waals surface area (Å²) in [6, 6.07) is 12.3. The predicted molar refractivity (Wildman–Crippen MR) is 155 cm³/mol. The van der Waals surface area contributed by atoms with E-state index in [1.807, 2.05) is 6.33 Å². The number of nitrogens with zero attached hydrogens (tertiary/aromatic N) is 4. The van der Waals surface area contributed by atoms with E-state index in [4.69, 9.17) is 9.97 Å². The summed E-state index contributed by atoms with van der Waals surface area (Å²) in [7, 11) is 0. The highest BCUT2D eigenvalue weighted by molar-refractivity contribution is 7.13. The second-order valence-corrected chi connectivity index (χ2v) is 11.4. The van der Waals surface area contributed by atoms with Gasteiger partial charge in [-0.25, -0.2) is 4.98 Å². The van der Waals surface area contributed by atoms with Crippen LogP contribution < -0.4 is 16.0 Å². The fraction of sp³-hybridized carbons (Fsp3) is 0.483. The third kappa shape index (κ3) is 6.13. The lowest BCUT2D eigenvalue weighted by molar-refractivity contribution is 0.354. The summed E-state index contributed by atoms with van der Waals surface area (Å²) >= 11 is 1.79. The first-order chi connectivity index (χ1) is 18.0. The molecule has 8 heteroatoms. The minimum Gasteiger partial charge on any atom is -0.364 e. The number of hydrogen-bond donors (Lipinski definition) is 3. The average Bonchev–Trinajstić information content (AvgIpc) is 3.54. The Labute approximate surface area is 224 Å². The Hall–Kier alpha value is -2.97. The van der Waals surface area contributed by atoms with Crippen LogP contribution in [0.2, 0.25) is 0 Å². The molecule has 4 aromatic rings. The highest BCUT2D eigenvalue weighted by atomic mass is 32.1. The van der Waals surface area contributed by atoms with Crippen LogP contribution in [0, 0.1) is 6.92 Å². The minimum atomic E-state index is 0.272. The first-order valence-corrected chi connectivity index (χ1v) is 14.5. The van der Waals surface area contributed by atoms with Gasteiger partial charge in [0.15, 0.2) is 17.0 Å². The Morgan fingerprint density at radius 3 is 2.49 bits per heavy atom. The summed E-state index contributed by atoms with van der Waals surface area (Å²) in [5.41, 5.74) is 5.46. The van der Waals surface area contributed by atoms with Gasteiger partial charge in [-0.1, -0.05) is 31.2 Å². The monoisotopic (exact) mass is 517 g/mol. The number of anilines is 2. The van der Waals surface area contributed by atoms with Crippen LogP contribution in [0.1, 0.15) is 70.0 Å². The Morgan fingerprint density at radius 2 is 1.81 bits per heavy atom. The van der Waals surface area contributed by atoms with Gasteiger partial charge in [-0.3, -0.25) is 0 Å². The molecule has 3 aromatic heterocycles. The fourth-order valence-electron chi connectivity index (χ4n) is 5.01. The zero-order valence-electron chi connectivity index (χ0n) is 22.4. The number of imidazole rings is 1. The van der Waals surface area contributed by atoms with E-state index >= 15 is 0 Å². The lowest BCUT2D eigenvalue weighted by Gasteiger charge is -2.29. The van der Waals surface area contributed by atoms with E-state index in [0.717, 1.165) is 36.4 Å². The molecule has 0 amide bonds. The molecule has 1 fully saturated rings. The lowest BCUT2D eigenvalue weighted by Crippen LogP contribution is -2.37. The summed E-state index contributed by atoms with van der Waals surface area (Å²) in [6.45, 7) is 10.5. The van der Waals surface area contributed by atoms with E-state index in [1.165, 1.54) is 40.8 Å². The van der Waals surface area contributed by atoms with Crippen LogP contribution in [0.15, 0.2) is 42.0 Å². The maximum absolute atomic E-state index is 4.91.